The van der Waals surface area contributed by atoms with Crippen LogP contribution in [0.3, 0.4) is 0 Å². The van der Waals surface area contributed by atoms with Gasteiger partial charge in [0.25, 0.3) is 5.91 Å². The van der Waals surface area contributed by atoms with E-state index in [0.29, 0.717) is 42.0 Å². The summed E-state index contributed by atoms with van der Waals surface area (Å²) in [6.07, 6.45) is 0. The van der Waals surface area contributed by atoms with Crippen molar-refractivity contribution in [1.82, 2.24) is 14.9 Å². The first-order chi connectivity index (χ1) is 15.0. The molecule has 0 bridgehead atoms. The molecule has 3 N–H and O–H groups in total. The maximum Gasteiger partial charge on any atom is 0.323 e. The number of aromatic amines is 2. The Balaban J connectivity index is 1.38. The number of H-pyrrole nitrogens is 2. The molecule has 2 heterocycles. The van der Waals surface area contributed by atoms with Crippen molar-refractivity contribution in [3.8, 4) is 0 Å². The van der Waals surface area contributed by atoms with Crippen molar-refractivity contribution >= 4 is 34.2 Å². The van der Waals surface area contributed by atoms with E-state index in [1.165, 1.54) is 4.90 Å². The molecule has 0 radical (unpaired) electrons. The zero-order chi connectivity index (χ0) is 21.8. The summed E-state index contributed by atoms with van der Waals surface area (Å²) in [5.41, 5.74) is 3.03. The number of imidazole rings is 1. The number of nitrogens with one attached hydrogen (secondary N) is 3. The third-order valence-corrected chi connectivity index (χ3v) is 5.29. The van der Waals surface area contributed by atoms with E-state index in [4.69, 9.17) is 4.74 Å². The lowest BCUT2D eigenvalue weighted by Crippen LogP contribution is -2.38. The van der Waals surface area contributed by atoms with E-state index < -0.39 is 0 Å². The minimum atomic E-state index is -0.328. The molecule has 1 fully saturated rings. The maximum atomic E-state index is 12.9. The molecular weight excluding hydrogens is 398 g/mol. The van der Waals surface area contributed by atoms with Crippen LogP contribution in [0.25, 0.3) is 11.0 Å². The van der Waals surface area contributed by atoms with Crippen LogP contribution in [0.1, 0.15) is 17.3 Å². The molecule has 1 saturated heterocycles. The first-order valence-electron chi connectivity index (χ1n) is 10.3. The smallest absolute Gasteiger partial charge is 0.323 e. The molecule has 0 saturated carbocycles. The average molecular weight is 423 g/mol. The van der Waals surface area contributed by atoms with Crippen molar-refractivity contribution in [2.45, 2.75) is 6.92 Å². The second-order valence-corrected chi connectivity index (χ2v) is 7.35. The molecule has 4 rings (SSSR count). The predicted octanol–water partition coefficient (Wildman–Crippen LogP) is 1.79. The average Bonchev–Trinajstić information content (AvgIpc) is 3.17. The normalized spacial score (nSPS) is 13.9. The van der Waals surface area contributed by atoms with Crippen molar-refractivity contribution in [2.75, 3.05) is 49.6 Å². The number of benzene rings is 2. The van der Waals surface area contributed by atoms with Crippen LogP contribution in [0.15, 0.2) is 47.3 Å². The van der Waals surface area contributed by atoms with Gasteiger partial charge in [-0.15, -0.1) is 0 Å². The van der Waals surface area contributed by atoms with Gasteiger partial charge in [0.1, 0.15) is 6.54 Å². The molecule has 0 spiro atoms. The van der Waals surface area contributed by atoms with Crippen LogP contribution in [0.2, 0.25) is 0 Å². The van der Waals surface area contributed by atoms with Gasteiger partial charge in [0.15, 0.2) is 0 Å². The molecule has 9 heteroatoms. The van der Waals surface area contributed by atoms with Gasteiger partial charge in [-0.05, 0) is 49.4 Å². The number of aromatic nitrogens is 2. The number of fused-ring (bicyclic) bond motifs is 1. The number of hydrogen-bond donors (Lipinski definition) is 3. The van der Waals surface area contributed by atoms with Crippen molar-refractivity contribution in [3.63, 3.8) is 0 Å². The van der Waals surface area contributed by atoms with Crippen LogP contribution in [-0.2, 0) is 9.53 Å². The SMILES string of the molecule is CCN(CC(=O)Nc1ccc(N2CCOCC2)cc1)C(=O)c1ccc2[nH]c(=O)[nH]c2c1. The highest BCUT2D eigenvalue weighted by atomic mass is 16.5. The largest absolute Gasteiger partial charge is 0.378 e. The lowest BCUT2D eigenvalue weighted by Gasteiger charge is -2.29. The highest BCUT2D eigenvalue weighted by molar-refractivity contribution is 6.01. The van der Waals surface area contributed by atoms with Gasteiger partial charge in [-0.1, -0.05) is 0 Å². The molecular formula is C22H25N5O4. The number of hydrogen-bond acceptors (Lipinski definition) is 5. The zero-order valence-corrected chi connectivity index (χ0v) is 17.3. The number of likely N-dealkylation sites (N-methyl/N-ethyl adjacent to an activating group) is 1. The Kier molecular flexibility index (Phi) is 6.03. The first kappa shape index (κ1) is 20.7. The summed E-state index contributed by atoms with van der Waals surface area (Å²) in [4.78, 5) is 45.8. The Morgan fingerprint density at radius 2 is 1.77 bits per heavy atom. The van der Waals surface area contributed by atoms with Gasteiger partial charge in [-0.2, -0.15) is 0 Å². The van der Waals surface area contributed by atoms with Crippen LogP contribution in [0.5, 0.6) is 0 Å². The second kappa shape index (κ2) is 9.05. The topological polar surface area (TPSA) is 111 Å². The van der Waals surface area contributed by atoms with E-state index in [0.717, 1.165) is 18.8 Å². The van der Waals surface area contributed by atoms with Gasteiger partial charge in [-0.25, -0.2) is 4.79 Å². The van der Waals surface area contributed by atoms with E-state index in [9.17, 15) is 14.4 Å². The van der Waals surface area contributed by atoms with E-state index in [1.54, 1.807) is 18.2 Å². The predicted molar refractivity (Wildman–Crippen MR) is 119 cm³/mol. The molecule has 162 valence electrons. The molecule has 2 amide bonds. The number of ether oxygens (including phenoxy) is 1. The molecule has 9 nitrogen and oxygen atoms in total. The lowest BCUT2D eigenvalue weighted by molar-refractivity contribution is -0.116. The number of amides is 2. The lowest BCUT2D eigenvalue weighted by atomic mass is 10.1. The molecule has 1 aromatic heterocycles. The van der Waals surface area contributed by atoms with E-state index >= 15 is 0 Å². The Morgan fingerprint density at radius 3 is 2.48 bits per heavy atom. The summed E-state index contributed by atoms with van der Waals surface area (Å²) in [5.74, 6) is -0.547. The summed E-state index contributed by atoms with van der Waals surface area (Å²) in [5, 5.41) is 2.85. The molecule has 1 aliphatic rings. The van der Waals surface area contributed by atoms with Gasteiger partial charge >= 0.3 is 5.69 Å². The molecule has 31 heavy (non-hydrogen) atoms. The van der Waals surface area contributed by atoms with Crippen molar-refractivity contribution in [2.24, 2.45) is 0 Å². The summed E-state index contributed by atoms with van der Waals surface area (Å²) < 4.78 is 5.37. The van der Waals surface area contributed by atoms with Gasteiger partial charge in [0.2, 0.25) is 5.91 Å². The maximum absolute atomic E-state index is 12.9. The summed E-state index contributed by atoms with van der Waals surface area (Å²) in [7, 11) is 0. The fraction of sp³-hybridized carbons (Fsp3) is 0.318. The fourth-order valence-corrected chi connectivity index (χ4v) is 3.63. The van der Waals surface area contributed by atoms with Crippen LogP contribution in [0, 0.1) is 0 Å². The number of carbonyl (C=O) groups excluding carboxylic acids is 2. The monoisotopic (exact) mass is 423 g/mol. The van der Waals surface area contributed by atoms with Crippen LogP contribution < -0.4 is 15.9 Å². The van der Waals surface area contributed by atoms with Crippen LogP contribution in [-0.4, -0.2) is 66.1 Å². The van der Waals surface area contributed by atoms with Gasteiger partial charge in [-0.3, -0.25) is 9.59 Å². The van der Waals surface area contributed by atoms with Gasteiger partial charge in [0.05, 0.1) is 24.2 Å². The fourth-order valence-electron chi connectivity index (χ4n) is 3.63. The molecule has 0 aliphatic carbocycles. The Labute approximate surface area is 179 Å². The quantitative estimate of drug-likeness (QED) is 0.560. The van der Waals surface area contributed by atoms with E-state index in [2.05, 4.69) is 20.2 Å². The highest BCUT2D eigenvalue weighted by Crippen LogP contribution is 2.19. The summed E-state index contributed by atoms with van der Waals surface area (Å²) in [6.45, 7) is 5.26. The van der Waals surface area contributed by atoms with Crippen molar-refractivity contribution < 1.29 is 14.3 Å². The van der Waals surface area contributed by atoms with E-state index in [-0.39, 0.29) is 24.0 Å². The molecule has 1 aliphatic heterocycles. The standard InChI is InChI=1S/C22H25N5O4/c1-2-26(21(29)15-3-8-18-19(13-15)25-22(30)24-18)14-20(28)23-16-4-6-17(7-5-16)27-9-11-31-12-10-27/h3-8,13H,2,9-12,14H2,1H3,(H,23,28)(H2,24,25,30). The van der Waals surface area contributed by atoms with Crippen molar-refractivity contribution in [3.05, 3.63) is 58.5 Å². The Morgan fingerprint density at radius 1 is 1.06 bits per heavy atom. The molecule has 0 unspecified atom stereocenters. The minimum Gasteiger partial charge on any atom is -0.378 e. The number of nitrogens with zero attached hydrogens (tertiary/aromatic N) is 2. The second-order valence-electron chi connectivity index (χ2n) is 7.35. The van der Waals surface area contributed by atoms with E-state index in [1.807, 2.05) is 31.2 Å². The summed E-state index contributed by atoms with van der Waals surface area (Å²) >= 11 is 0. The van der Waals surface area contributed by atoms with Crippen LogP contribution in [0.4, 0.5) is 11.4 Å². The van der Waals surface area contributed by atoms with Crippen molar-refractivity contribution in [1.29, 1.82) is 0 Å². The van der Waals surface area contributed by atoms with Crippen LogP contribution >= 0.6 is 0 Å². The number of anilines is 2. The Bertz CT molecular complexity index is 1130. The number of rotatable bonds is 6. The number of carbonyl (C=O) groups is 2. The van der Waals surface area contributed by atoms with Gasteiger partial charge < -0.3 is 29.8 Å². The summed E-state index contributed by atoms with van der Waals surface area (Å²) in [6, 6.07) is 12.6. The number of morpholine rings is 1. The first-order valence-corrected chi connectivity index (χ1v) is 10.3. The minimum absolute atomic E-state index is 0.0672. The van der Waals surface area contributed by atoms with Gasteiger partial charge in [0, 0.05) is 36.6 Å². The third-order valence-electron chi connectivity index (χ3n) is 5.29. The molecule has 0 atom stereocenters. The molecule has 3 aromatic rings. The Hall–Kier alpha value is -3.59. The third kappa shape index (κ3) is 4.77. The highest BCUT2D eigenvalue weighted by Gasteiger charge is 2.18. The molecule has 2 aromatic carbocycles. The zero-order valence-electron chi connectivity index (χ0n) is 17.3.